The molecule has 1 N–H and O–H groups in total. The average molecular weight is 400 g/mol. The first-order valence-electron chi connectivity index (χ1n) is 7.48. The molecular formula is C18H23ClNO2PTi. The molecule has 1 atom stereocenters. The number of benzene rings is 2. The summed E-state index contributed by atoms with van der Waals surface area (Å²) in [4.78, 5) is 0. The van der Waals surface area contributed by atoms with Gasteiger partial charge >= 0.3 is 28.7 Å². The third-order valence-electron chi connectivity index (χ3n) is 3.21. The Labute approximate surface area is 162 Å². The predicted octanol–water partition coefficient (Wildman–Crippen LogP) is 4.39. The first kappa shape index (κ1) is 21.5. The van der Waals surface area contributed by atoms with Crippen molar-refractivity contribution in [3.05, 3.63) is 53.3 Å². The van der Waals surface area contributed by atoms with Crippen LogP contribution in [0.25, 0.3) is 5.32 Å². The Kier molecular flexibility index (Phi) is 9.33. The fourth-order valence-corrected chi connectivity index (χ4v) is 3.21. The minimum absolute atomic E-state index is 0.0473. The van der Waals surface area contributed by atoms with Crippen molar-refractivity contribution in [3.8, 4) is 11.5 Å². The van der Waals surface area contributed by atoms with E-state index in [0.29, 0.717) is 20.9 Å². The summed E-state index contributed by atoms with van der Waals surface area (Å²) in [6, 6.07) is 13.6. The fourth-order valence-electron chi connectivity index (χ4n) is 1.99. The van der Waals surface area contributed by atoms with Crippen molar-refractivity contribution in [1.29, 1.82) is 0 Å². The van der Waals surface area contributed by atoms with E-state index < -0.39 is 0 Å². The van der Waals surface area contributed by atoms with E-state index in [4.69, 9.17) is 10.1 Å². The zero-order valence-corrected chi connectivity index (χ0v) is 17.7. The predicted molar refractivity (Wildman–Crippen MR) is 101 cm³/mol. The molecule has 0 saturated heterocycles. The number of methoxy groups -OCH3 is 1. The quantitative estimate of drug-likeness (QED) is 0.598. The van der Waals surface area contributed by atoms with Gasteiger partial charge in [0.25, 0.3) is 0 Å². The molecule has 6 heteroatoms. The van der Waals surface area contributed by atoms with Gasteiger partial charge in [-0.05, 0) is 23.5 Å². The topological polar surface area (TPSA) is 43.6 Å². The second-order valence-corrected chi connectivity index (χ2v) is 7.48. The van der Waals surface area contributed by atoms with E-state index in [1.54, 1.807) is 19.2 Å². The Bertz CT molecular complexity index is 647. The van der Waals surface area contributed by atoms with Crippen LogP contribution in [0.1, 0.15) is 26.3 Å². The molecule has 0 radical (unpaired) electrons. The number of ether oxygens (including phenoxy) is 1. The SMILES string of the molecule is COc1ccc(O)c(Pc2ccccc2C[N-]C(C)(C)C)c1.[Cl][Ti+]. The van der Waals surface area contributed by atoms with Gasteiger partial charge < -0.3 is 15.2 Å². The van der Waals surface area contributed by atoms with Crippen molar-refractivity contribution in [2.75, 3.05) is 7.11 Å². The van der Waals surface area contributed by atoms with Crippen LogP contribution in [0.15, 0.2) is 42.5 Å². The van der Waals surface area contributed by atoms with E-state index >= 15 is 0 Å². The Morgan fingerprint density at radius 3 is 2.42 bits per heavy atom. The number of phenols is 1. The van der Waals surface area contributed by atoms with Gasteiger partial charge in [-0.25, -0.2) is 0 Å². The maximum absolute atomic E-state index is 10.1. The number of hydrogen-bond donors (Lipinski definition) is 1. The summed E-state index contributed by atoms with van der Waals surface area (Å²) in [7, 11) is 6.65. The number of rotatable bonds is 5. The molecule has 0 fully saturated rings. The van der Waals surface area contributed by atoms with Crippen molar-refractivity contribution in [2.45, 2.75) is 32.9 Å². The van der Waals surface area contributed by atoms with Crippen LogP contribution in [0, 0.1) is 0 Å². The monoisotopic (exact) mass is 399 g/mol. The van der Waals surface area contributed by atoms with E-state index in [9.17, 15) is 5.11 Å². The van der Waals surface area contributed by atoms with Crippen LogP contribution >= 0.6 is 17.9 Å². The van der Waals surface area contributed by atoms with Crippen molar-refractivity contribution < 1.29 is 29.2 Å². The summed E-state index contributed by atoms with van der Waals surface area (Å²) in [5.41, 5.74) is 1.16. The van der Waals surface area contributed by atoms with Gasteiger partial charge in [0.15, 0.2) is 0 Å². The molecule has 0 aliphatic rings. The Morgan fingerprint density at radius 1 is 1.12 bits per heavy atom. The van der Waals surface area contributed by atoms with Gasteiger partial charge in [0.05, 0.1) is 7.11 Å². The van der Waals surface area contributed by atoms with Gasteiger partial charge in [-0.3, -0.25) is 0 Å². The number of nitrogens with zero attached hydrogens (tertiary/aromatic N) is 1. The molecule has 3 nitrogen and oxygen atoms in total. The zero-order valence-electron chi connectivity index (χ0n) is 14.4. The van der Waals surface area contributed by atoms with Crippen LogP contribution < -0.4 is 15.3 Å². The third-order valence-corrected chi connectivity index (χ3v) is 4.64. The molecule has 1 unspecified atom stereocenters. The van der Waals surface area contributed by atoms with E-state index in [1.165, 1.54) is 30.2 Å². The molecule has 2 rings (SSSR count). The molecule has 0 spiro atoms. The molecule has 0 saturated carbocycles. The van der Waals surface area contributed by atoms with Crippen LogP contribution in [0.4, 0.5) is 0 Å². The fraction of sp³-hybridized carbons (Fsp3) is 0.333. The van der Waals surface area contributed by atoms with Crippen molar-refractivity contribution in [3.63, 3.8) is 0 Å². The van der Waals surface area contributed by atoms with Crippen LogP contribution in [-0.4, -0.2) is 17.8 Å². The van der Waals surface area contributed by atoms with Gasteiger partial charge in [0, 0.05) is 5.30 Å². The summed E-state index contributed by atoms with van der Waals surface area (Å²) >= 11 is 1.47. The first-order valence-corrected chi connectivity index (χ1v) is 10.6. The van der Waals surface area contributed by atoms with Gasteiger partial charge in [-0.2, -0.15) is 0 Å². The summed E-state index contributed by atoms with van der Waals surface area (Å²) in [6.45, 7) is 7.00. The van der Waals surface area contributed by atoms with E-state index in [1.807, 2.05) is 18.2 Å². The van der Waals surface area contributed by atoms with Crippen molar-refractivity contribution >= 4 is 28.5 Å². The molecular weight excluding hydrogens is 376 g/mol. The molecule has 0 aliphatic carbocycles. The van der Waals surface area contributed by atoms with Crippen LogP contribution in [0.5, 0.6) is 11.5 Å². The Hall–Kier alpha value is -0.566. The second kappa shape index (κ2) is 10.4. The summed E-state index contributed by atoms with van der Waals surface area (Å²) in [5.74, 6) is 1.07. The molecule has 0 heterocycles. The number of aromatic hydroxyl groups is 1. The molecule has 2 aromatic rings. The minimum atomic E-state index is -0.0473. The summed E-state index contributed by atoms with van der Waals surface area (Å²) in [6.07, 6.45) is 0. The van der Waals surface area contributed by atoms with Gasteiger partial charge in [0.1, 0.15) is 11.5 Å². The Morgan fingerprint density at radius 2 is 1.79 bits per heavy atom. The Balaban J connectivity index is 0.00000139. The summed E-state index contributed by atoms with van der Waals surface area (Å²) in [5, 5.41) is 16.9. The van der Waals surface area contributed by atoms with E-state index in [-0.39, 0.29) is 5.54 Å². The molecule has 0 bridgehead atoms. The first-order chi connectivity index (χ1) is 11.4. The molecule has 2 aromatic carbocycles. The average Bonchev–Trinajstić information content (AvgIpc) is 2.57. The zero-order chi connectivity index (χ0) is 18.2. The molecule has 128 valence electrons. The van der Waals surface area contributed by atoms with Gasteiger partial charge in [0.2, 0.25) is 0 Å². The third kappa shape index (κ3) is 7.13. The standard InChI is InChI=1S/C18H23NO2P.ClH.Ti/c1-18(2,3)19-12-13-7-5-6-8-16(13)22-17-11-14(21-4)9-10-15(17)20;;/h5-11,20,22H,12H2,1-4H3;1H;/q-1;;+2/p-1. The maximum atomic E-state index is 10.1. The van der Waals surface area contributed by atoms with Gasteiger partial charge in [-0.1, -0.05) is 59.2 Å². The second-order valence-electron chi connectivity index (χ2n) is 6.15. The van der Waals surface area contributed by atoms with E-state index in [2.05, 4.69) is 42.2 Å². The number of phenolic OH excluding ortho intramolecular Hbond substituents is 1. The molecule has 24 heavy (non-hydrogen) atoms. The molecule has 0 amide bonds. The van der Waals surface area contributed by atoms with Crippen LogP contribution in [0.3, 0.4) is 0 Å². The van der Waals surface area contributed by atoms with Crippen LogP contribution in [-0.2, 0) is 25.9 Å². The molecule has 0 aliphatic heterocycles. The van der Waals surface area contributed by atoms with Crippen molar-refractivity contribution in [1.82, 2.24) is 0 Å². The molecule has 0 aromatic heterocycles. The number of hydrogen-bond acceptors (Lipinski definition) is 2. The van der Waals surface area contributed by atoms with Crippen LogP contribution in [0.2, 0.25) is 0 Å². The number of halogens is 1. The van der Waals surface area contributed by atoms with Crippen molar-refractivity contribution in [2.24, 2.45) is 0 Å². The van der Waals surface area contributed by atoms with E-state index in [0.717, 1.165) is 11.1 Å². The summed E-state index contributed by atoms with van der Waals surface area (Å²) < 4.78 is 5.24. The van der Waals surface area contributed by atoms with Gasteiger partial charge in [-0.15, -0.1) is 12.1 Å². The normalized spacial score (nSPS) is 11.2.